The maximum atomic E-state index is 13.3. The van der Waals surface area contributed by atoms with Gasteiger partial charge in [-0.25, -0.2) is 29.3 Å². The molecule has 0 unspecified atom stereocenters. The standard InChI is InChI=1S/C20H16N8O/c29-19-27-10-4-7-14(27)25-18(28(19)13-5-2-1-3-6-13)20(8-9-20)26-17-15-16(22-11-21-15)23-12-24-17/h1-7,10-12H,8-9H2,(H2,21,22,23,24,26). The van der Waals surface area contributed by atoms with Crippen LogP contribution in [-0.2, 0) is 5.54 Å². The molecule has 1 saturated carbocycles. The third-order valence-corrected chi connectivity index (χ3v) is 5.33. The first kappa shape index (κ1) is 16.0. The van der Waals surface area contributed by atoms with Gasteiger partial charge in [-0.3, -0.25) is 4.40 Å². The summed E-state index contributed by atoms with van der Waals surface area (Å²) in [5, 5.41) is 3.52. The number of aromatic nitrogens is 7. The van der Waals surface area contributed by atoms with E-state index in [2.05, 4.69) is 25.3 Å². The molecule has 0 atom stereocenters. The maximum absolute atomic E-state index is 13.3. The van der Waals surface area contributed by atoms with Crippen molar-refractivity contribution in [1.29, 1.82) is 0 Å². The molecule has 5 aromatic rings. The van der Waals surface area contributed by atoms with Crippen molar-refractivity contribution in [3.05, 3.63) is 77.6 Å². The Morgan fingerprint density at radius 2 is 1.90 bits per heavy atom. The number of H-pyrrole nitrogens is 1. The third kappa shape index (κ3) is 2.37. The Bertz CT molecular complexity index is 1410. The van der Waals surface area contributed by atoms with Crippen molar-refractivity contribution in [1.82, 2.24) is 33.9 Å². The van der Waals surface area contributed by atoms with E-state index in [9.17, 15) is 4.79 Å². The van der Waals surface area contributed by atoms with Crippen LogP contribution in [0.1, 0.15) is 18.7 Å². The molecule has 29 heavy (non-hydrogen) atoms. The van der Waals surface area contributed by atoms with Gasteiger partial charge in [0.25, 0.3) is 0 Å². The van der Waals surface area contributed by atoms with E-state index in [0.717, 1.165) is 24.0 Å². The highest BCUT2D eigenvalue weighted by atomic mass is 16.1. The monoisotopic (exact) mass is 384 g/mol. The van der Waals surface area contributed by atoms with E-state index in [-0.39, 0.29) is 5.69 Å². The summed E-state index contributed by atoms with van der Waals surface area (Å²) in [6, 6.07) is 13.2. The summed E-state index contributed by atoms with van der Waals surface area (Å²) in [7, 11) is 0. The number of nitrogens with zero attached hydrogens (tertiary/aromatic N) is 6. The number of benzene rings is 1. The highest BCUT2D eigenvalue weighted by Gasteiger charge is 2.49. The lowest BCUT2D eigenvalue weighted by atomic mass is 10.2. The van der Waals surface area contributed by atoms with Crippen LogP contribution in [0.25, 0.3) is 22.5 Å². The van der Waals surface area contributed by atoms with Gasteiger partial charge in [-0.1, -0.05) is 18.2 Å². The Kier molecular flexibility index (Phi) is 3.17. The molecule has 0 radical (unpaired) electrons. The second kappa shape index (κ2) is 5.74. The number of anilines is 1. The number of hydrogen-bond donors (Lipinski definition) is 2. The summed E-state index contributed by atoms with van der Waals surface area (Å²) in [5.41, 5.74) is 2.08. The number of rotatable bonds is 4. The summed E-state index contributed by atoms with van der Waals surface area (Å²) >= 11 is 0. The van der Waals surface area contributed by atoms with Crippen molar-refractivity contribution in [2.75, 3.05) is 5.32 Å². The minimum Gasteiger partial charge on any atom is -0.356 e. The molecule has 4 aromatic heterocycles. The topological polar surface area (TPSA) is 106 Å². The SMILES string of the molecule is O=c1n(-c2ccccc2)c(C2(Nc3ncnc4nc[nH]c34)CC2)nc2cccn12. The minimum atomic E-state index is -0.493. The van der Waals surface area contributed by atoms with Gasteiger partial charge < -0.3 is 10.3 Å². The number of nitrogens with one attached hydrogen (secondary N) is 2. The number of para-hydroxylation sites is 1. The average Bonchev–Trinajstić information content (AvgIpc) is 3.15. The highest BCUT2D eigenvalue weighted by Crippen LogP contribution is 2.48. The normalized spacial score (nSPS) is 15.0. The molecule has 2 N–H and O–H groups in total. The van der Waals surface area contributed by atoms with Crippen LogP contribution in [0.5, 0.6) is 0 Å². The van der Waals surface area contributed by atoms with Gasteiger partial charge in [0.05, 0.1) is 17.6 Å². The Hall–Kier alpha value is -4.01. The molecule has 0 bridgehead atoms. The molecule has 0 amide bonds. The molecule has 142 valence electrons. The summed E-state index contributed by atoms with van der Waals surface area (Å²) in [4.78, 5) is 34.0. The minimum absolute atomic E-state index is 0.149. The van der Waals surface area contributed by atoms with E-state index in [1.165, 1.54) is 6.33 Å². The van der Waals surface area contributed by atoms with Gasteiger partial charge in [0.2, 0.25) is 0 Å². The molecular formula is C20H16N8O. The predicted molar refractivity (Wildman–Crippen MR) is 107 cm³/mol. The Labute approximate surface area is 164 Å². The highest BCUT2D eigenvalue weighted by molar-refractivity contribution is 5.82. The fourth-order valence-electron chi connectivity index (χ4n) is 3.73. The average molecular weight is 384 g/mol. The van der Waals surface area contributed by atoms with Crippen molar-refractivity contribution in [2.24, 2.45) is 0 Å². The molecule has 1 aliphatic carbocycles. The molecule has 4 heterocycles. The van der Waals surface area contributed by atoms with Crippen LogP contribution >= 0.6 is 0 Å². The van der Waals surface area contributed by atoms with E-state index in [1.54, 1.807) is 21.5 Å². The molecule has 9 nitrogen and oxygen atoms in total. The van der Waals surface area contributed by atoms with Crippen LogP contribution in [-0.4, -0.2) is 33.9 Å². The van der Waals surface area contributed by atoms with E-state index in [0.29, 0.717) is 22.9 Å². The number of fused-ring (bicyclic) bond motifs is 2. The summed E-state index contributed by atoms with van der Waals surface area (Å²) < 4.78 is 3.24. The van der Waals surface area contributed by atoms with Crippen molar-refractivity contribution >= 4 is 22.6 Å². The maximum Gasteiger partial charge on any atom is 0.339 e. The first-order chi connectivity index (χ1) is 14.3. The van der Waals surface area contributed by atoms with Gasteiger partial charge in [-0.15, -0.1) is 0 Å². The Morgan fingerprint density at radius 1 is 1.03 bits per heavy atom. The lowest BCUT2D eigenvalue weighted by Crippen LogP contribution is -2.35. The lowest BCUT2D eigenvalue weighted by Gasteiger charge is -2.22. The Morgan fingerprint density at radius 3 is 2.72 bits per heavy atom. The first-order valence-corrected chi connectivity index (χ1v) is 9.33. The number of aromatic amines is 1. The van der Waals surface area contributed by atoms with Crippen molar-refractivity contribution in [3.8, 4) is 5.69 Å². The zero-order valence-electron chi connectivity index (χ0n) is 15.3. The molecular weight excluding hydrogens is 368 g/mol. The van der Waals surface area contributed by atoms with Crippen molar-refractivity contribution < 1.29 is 0 Å². The van der Waals surface area contributed by atoms with E-state index >= 15 is 0 Å². The van der Waals surface area contributed by atoms with Crippen molar-refractivity contribution in [3.63, 3.8) is 0 Å². The summed E-state index contributed by atoms with van der Waals surface area (Å²) in [5.74, 6) is 1.32. The fourth-order valence-corrected chi connectivity index (χ4v) is 3.73. The van der Waals surface area contributed by atoms with Gasteiger partial charge in [0.15, 0.2) is 11.5 Å². The molecule has 1 fully saturated rings. The van der Waals surface area contributed by atoms with Crippen LogP contribution in [0.3, 0.4) is 0 Å². The molecule has 6 rings (SSSR count). The second-order valence-electron chi connectivity index (χ2n) is 7.16. The largest absolute Gasteiger partial charge is 0.356 e. The number of imidazole rings is 1. The van der Waals surface area contributed by atoms with E-state index in [1.807, 2.05) is 42.5 Å². The molecule has 0 aliphatic heterocycles. The fraction of sp³-hybridized carbons (Fsp3) is 0.150. The van der Waals surface area contributed by atoms with Crippen LogP contribution < -0.4 is 11.0 Å². The van der Waals surface area contributed by atoms with Crippen LogP contribution in [0.15, 0.2) is 66.1 Å². The van der Waals surface area contributed by atoms with Gasteiger partial charge in [0.1, 0.15) is 23.3 Å². The van der Waals surface area contributed by atoms with E-state index < -0.39 is 5.54 Å². The van der Waals surface area contributed by atoms with Gasteiger partial charge >= 0.3 is 5.69 Å². The predicted octanol–water partition coefficient (Wildman–Crippen LogP) is 2.25. The van der Waals surface area contributed by atoms with Gasteiger partial charge in [-0.05, 0) is 37.1 Å². The Balaban J connectivity index is 1.57. The van der Waals surface area contributed by atoms with Gasteiger partial charge in [0, 0.05) is 6.20 Å². The van der Waals surface area contributed by atoms with Crippen molar-refractivity contribution in [2.45, 2.75) is 18.4 Å². The van der Waals surface area contributed by atoms with Crippen LogP contribution in [0.4, 0.5) is 5.82 Å². The number of hydrogen-bond acceptors (Lipinski definition) is 6. The summed E-state index contributed by atoms with van der Waals surface area (Å²) in [6.45, 7) is 0. The zero-order valence-corrected chi connectivity index (χ0v) is 15.3. The third-order valence-electron chi connectivity index (χ3n) is 5.33. The molecule has 0 saturated heterocycles. The molecule has 9 heteroatoms. The van der Waals surface area contributed by atoms with Crippen LogP contribution in [0.2, 0.25) is 0 Å². The zero-order chi connectivity index (χ0) is 19.4. The lowest BCUT2D eigenvalue weighted by molar-refractivity contribution is 0.653. The van der Waals surface area contributed by atoms with E-state index in [4.69, 9.17) is 4.98 Å². The molecule has 1 aromatic carbocycles. The van der Waals surface area contributed by atoms with Crippen LogP contribution in [0, 0.1) is 0 Å². The molecule has 0 spiro atoms. The molecule has 1 aliphatic rings. The summed E-state index contributed by atoms with van der Waals surface area (Å²) in [6.07, 6.45) is 6.48. The smallest absolute Gasteiger partial charge is 0.339 e. The first-order valence-electron chi connectivity index (χ1n) is 9.33. The quantitative estimate of drug-likeness (QED) is 0.492. The second-order valence-corrected chi connectivity index (χ2v) is 7.16. The van der Waals surface area contributed by atoms with Gasteiger partial charge in [-0.2, -0.15) is 0 Å².